The van der Waals surface area contributed by atoms with Crippen molar-refractivity contribution >= 4 is 17.7 Å². The summed E-state index contributed by atoms with van der Waals surface area (Å²) in [5, 5.41) is 0. The van der Waals surface area contributed by atoms with E-state index in [4.69, 9.17) is 4.74 Å². The molecule has 3 saturated heterocycles. The Kier molecular flexibility index (Phi) is 5.21. The number of rotatable bonds is 4. The third kappa shape index (κ3) is 3.37. The molecule has 1 saturated carbocycles. The molecule has 4 fully saturated rings. The van der Waals surface area contributed by atoms with Crippen molar-refractivity contribution in [1.29, 1.82) is 0 Å². The molecule has 148 valence electrons. The summed E-state index contributed by atoms with van der Waals surface area (Å²) in [6, 6.07) is -0.947. The summed E-state index contributed by atoms with van der Waals surface area (Å²) in [6.07, 6.45) is 7.43. The summed E-state index contributed by atoms with van der Waals surface area (Å²) in [5.41, 5.74) is 0. The Morgan fingerprint density at radius 2 is 1.78 bits per heavy atom. The maximum Gasteiger partial charge on any atom is 0.247 e. The van der Waals surface area contributed by atoms with Gasteiger partial charge in [-0.15, -0.1) is 6.58 Å². The molecule has 1 aliphatic carbocycles. The number of piperazine rings is 2. The maximum atomic E-state index is 13.1. The number of carbonyl (C=O) groups is 3. The second-order valence-corrected chi connectivity index (χ2v) is 8.15. The number of fused-ring (bicyclic) bond motifs is 2. The minimum absolute atomic E-state index is 0.00840. The summed E-state index contributed by atoms with van der Waals surface area (Å²) in [6.45, 7) is 5.84. The van der Waals surface area contributed by atoms with Crippen molar-refractivity contribution in [2.24, 2.45) is 5.92 Å². The first-order chi connectivity index (χ1) is 13.1. The van der Waals surface area contributed by atoms with Crippen LogP contribution in [0.5, 0.6) is 0 Å². The molecule has 0 aromatic heterocycles. The summed E-state index contributed by atoms with van der Waals surface area (Å²) >= 11 is 0. The van der Waals surface area contributed by atoms with Crippen LogP contribution in [0.4, 0.5) is 0 Å². The zero-order valence-electron chi connectivity index (χ0n) is 15.8. The molecule has 0 radical (unpaired) electrons. The molecule has 4 rings (SSSR count). The van der Waals surface area contributed by atoms with Crippen LogP contribution < -0.4 is 0 Å². The van der Waals surface area contributed by atoms with Crippen molar-refractivity contribution in [3.05, 3.63) is 12.7 Å². The number of ether oxygens (including phenoxy) is 1. The van der Waals surface area contributed by atoms with E-state index in [1.54, 1.807) is 15.9 Å². The van der Waals surface area contributed by atoms with Crippen LogP contribution in [0.15, 0.2) is 12.7 Å². The average Bonchev–Trinajstić information content (AvgIpc) is 3.15. The lowest BCUT2D eigenvalue weighted by atomic mass is 9.88. The molecular formula is C20H29N3O4. The molecule has 7 heteroatoms. The van der Waals surface area contributed by atoms with Gasteiger partial charge in [-0.05, 0) is 12.8 Å². The third-order valence-corrected chi connectivity index (χ3v) is 6.50. The van der Waals surface area contributed by atoms with Crippen LogP contribution in [-0.4, -0.2) is 83.4 Å². The quantitative estimate of drug-likeness (QED) is 0.682. The molecule has 0 aromatic rings. The lowest BCUT2D eigenvalue weighted by molar-refractivity contribution is -0.165. The van der Waals surface area contributed by atoms with E-state index in [1.165, 1.54) is 6.42 Å². The molecule has 3 aliphatic heterocycles. The van der Waals surface area contributed by atoms with Crippen molar-refractivity contribution < 1.29 is 19.1 Å². The van der Waals surface area contributed by atoms with Crippen LogP contribution in [0.2, 0.25) is 0 Å². The van der Waals surface area contributed by atoms with E-state index in [9.17, 15) is 14.4 Å². The van der Waals surface area contributed by atoms with Gasteiger partial charge < -0.3 is 19.4 Å². The maximum absolute atomic E-state index is 13.1. The van der Waals surface area contributed by atoms with E-state index in [2.05, 4.69) is 6.58 Å². The number of nitrogens with zero attached hydrogens (tertiary/aromatic N) is 3. The topological polar surface area (TPSA) is 70.2 Å². The second kappa shape index (κ2) is 7.62. The Labute approximate surface area is 160 Å². The van der Waals surface area contributed by atoms with E-state index in [-0.39, 0.29) is 29.7 Å². The van der Waals surface area contributed by atoms with Gasteiger partial charge in [-0.1, -0.05) is 25.3 Å². The first-order valence-electron chi connectivity index (χ1n) is 10.2. The Morgan fingerprint density at radius 3 is 2.52 bits per heavy atom. The van der Waals surface area contributed by atoms with Gasteiger partial charge in [0.25, 0.3) is 0 Å². The molecule has 0 spiro atoms. The van der Waals surface area contributed by atoms with Gasteiger partial charge in [-0.2, -0.15) is 0 Å². The first-order valence-corrected chi connectivity index (χ1v) is 10.2. The van der Waals surface area contributed by atoms with Crippen LogP contribution >= 0.6 is 0 Å². The zero-order valence-corrected chi connectivity index (χ0v) is 15.8. The number of hydrogen-bond donors (Lipinski definition) is 0. The van der Waals surface area contributed by atoms with Crippen LogP contribution in [0, 0.1) is 5.92 Å². The predicted octanol–water partition coefficient (Wildman–Crippen LogP) is 0.792. The molecule has 0 aromatic carbocycles. The summed E-state index contributed by atoms with van der Waals surface area (Å²) in [7, 11) is 0. The van der Waals surface area contributed by atoms with Crippen molar-refractivity contribution in [2.75, 3.05) is 32.8 Å². The van der Waals surface area contributed by atoms with E-state index < -0.39 is 12.1 Å². The Balaban J connectivity index is 1.44. The lowest BCUT2D eigenvalue weighted by Crippen LogP contribution is -2.69. The van der Waals surface area contributed by atoms with Gasteiger partial charge in [-0.25, -0.2) is 0 Å². The number of carbonyl (C=O) groups excluding carboxylic acids is 3. The van der Waals surface area contributed by atoms with Crippen molar-refractivity contribution in [3.63, 3.8) is 0 Å². The minimum Gasteiger partial charge on any atom is -0.372 e. The molecule has 0 N–H and O–H groups in total. The van der Waals surface area contributed by atoms with Crippen molar-refractivity contribution in [2.45, 2.75) is 56.7 Å². The van der Waals surface area contributed by atoms with E-state index in [1.807, 2.05) is 4.90 Å². The largest absolute Gasteiger partial charge is 0.372 e. The standard InChI is InChI=1S/C20H29N3O4/c1-2-10-27-15-11-16-19(25)22-9-8-21(13-17(22)20(26)23(16)12-15)18(24)14-6-4-3-5-7-14/h2,14-17H,1,3-13H2. The highest BCUT2D eigenvalue weighted by Crippen LogP contribution is 2.32. The number of hydrogen-bond acceptors (Lipinski definition) is 4. The summed E-state index contributed by atoms with van der Waals surface area (Å²) < 4.78 is 5.69. The highest BCUT2D eigenvalue weighted by Gasteiger charge is 2.52. The molecule has 4 aliphatic rings. The zero-order chi connectivity index (χ0) is 19.0. The molecule has 7 nitrogen and oxygen atoms in total. The Bertz CT molecular complexity index is 631. The van der Waals surface area contributed by atoms with Gasteiger partial charge in [0.15, 0.2) is 0 Å². The fraction of sp³-hybridized carbons (Fsp3) is 0.750. The molecule has 3 amide bonds. The molecule has 27 heavy (non-hydrogen) atoms. The van der Waals surface area contributed by atoms with Gasteiger partial charge in [0.1, 0.15) is 12.1 Å². The van der Waals surface area contributed by atoms with Gasteiger partial charge in [-0.3, -0.25) is 14.4 Å². The van der Waals surface area contributed by atoms with E-state index in [0.717, 1.165) is 25.7 Å². The van der Waals surface area contributed by atoms with Gasteiger partial charge in [0.05, 0.1) is 19.3 Å². The Morgan fingerprint density at radius 1 is 1.04 bits per heavy atom. The molecule has 3 heterocycles. The van der Waals surface area contributed by atoms with E-state index >= 15 is 0 Å². The van der Waals surface area contributed by atoms with Crippen molar-refractivity contribution in [3.8, 4) is 0 Å². The minimum atomic E-state index is -0.534. The molecule has 3 atom stereocenters. The normalized spacial score (nSPS) is 31.7. The smallest absolute Gasteiger partial charge is 0.247 e. The predicted molar refractivity (Wildman–Crippen MR) is 98.7 cm³/mol. The van der Waals surface area contributed by atoms with Crippen LogP contribution in [-0.2, 0) is 19.1 Å². The van der Waals surface area contributed by atoms with Gasteiger partial charge in [0, 0.05) is 32.0 Å². The monoisotopic (exact) mass is 375 g/mol. The molecular weight excluding hydrogens is 346 g/mol. The summed E-state index contributed by atoms with van der Waals surface area (Å²) in [5.74, 6) is 0.237. The van der Waals surface area contributed by atoms with Crippen LogP contribution in [0.3, 0.4) is 0 Å². The fourth-order valence-corrected chi connectivity index (χ4v) is 5.05. The van der Waals surface area contributed by atoms with Crippen LogP contribution in [0.1, 0.15) is 38.5 Å². The van der Waals surface area contributed by atoms with Crippen molar-refractivity contribution in [1.82, 2.24) is 14.7 Å². The molecule has 3 unspecified atom stereocenters. The van der Waals surface area contributed by atoms with Crippen LogP contribution in [0.25, 0.3) is 0 Å². The first kappa shape index (κ1) is 18.5. The second-order valence-electron chi connectivity index (χ2n) is 8.15. The Hall–Kier alpha value is -1.89. The highest BCUT2D eigenvalue weighted by atomic mass is 16.5. The number of amides is 3. The van der Waals surface area contributed by atoms with Gasteiger partial charge in [0.2, 0.25) is 17.7 Å². The highest BCUT2D eigenvalue weighted by molar-refractivity contribution is 5.98. The van der Waals surface area contributed by atoms with E-state index in [0.29, 0.717) is 39.2 Å². The van der Waals surface area contributed by atoms with Gasteiger partial charge >= 0.3 is 0 Å². The third-order valence-electron chi connectivity index (χ3n) is 6.50. The summed E-state index contributed by atoms with van der Waals surface area (Å²) in [4.78, 5) is 44.1. The molecule has 0 bridgehead atoms. The SMILES string of the molecule is C=CCOC1CC2C(=O)N3CCN(C(=O)C4CCCCC4)CC3C(=O)N2C1. The fourth-order valence-electron chi connectivity index (χ4n) is 5.05. The lowest BCUT2D eigenvalue weighted by Gasteiger charge is -2.47. The average molecular weight is 375 g/mol.